The average molecular weight is 680 g/mol. The van der Waals surface area contributed by atoms with Crippen molar-refractivity contribution in [3.05, 3.63) is 0 Å². The molecule has 0 aromatic rings. The van der Waals surface area contributed by atoms with Gasteiger partial charge in [-0.15, -0.1) is 0 Å². The molecular weight excluding hydrogens is 678 g/mol. The van der Waals surface area contributed by atoms with Crippen LogP contribution in [0, 0.1) is 0 Å². The van der Waals surface area contributed by atoms with Crippen LogP contribution in [0.5, 0.6) is 0 Å². The van der Waals surface area contributed by atoms with Gasteiger partial charge in [0.05, 0.1) is 0 Å². The third-order valence-corrected chi connectivity index (χ3v) is 0. The van der Waals surface area contributed by atoms with E-state index in [0.29, 0.717) is 0 Å². The zero-order chi connectivity index (χ0) is 27.0. The zero-order valence-corrected chi connectivity index (χ0v) is 20.9. The van der Waals surface area contributed by atoms with E-state index in [9.17, 15) is 0 Å². The molecule has 0 saturated carbocycles. The summed E-state index contributed by atoms with van der Waals surface area (Å²) < 4.78 is 202. The van der Waals surface area contributed by atoms with Gasteiger partial charge in [0.15, 0.2) is 0 Å². The summed E-state index contributed by atoms with van der Waals surface area (Å²) in [5, 5.41) is 0. The minimum Gasteiger partial charge on any atom is -0.759 e. The molecule has 192 valence electrons. The van der Waals surface area contributed by atoms with Crippen LogP contribution in [0.2, 0.25) is 0 Å². The topological polar surface area (TPSA) is 476 Å². The van der Waals surface area contributed by atoms with Crippen LogP contribution in [-0.4, -0.2) is 105 Å². The largest absolute Gasteiger partial charge is 5.00 e. The van der Waals surface area contributed by atoms with Gasteiger partial charge >= 0.3 is 47.5 Å². The van der Waals surface area contributed by atoms with Crippen molar-refractivity contribution in [2.75, 3.05) is 0 Å². The molecule has 0 aromatic heterocycles. The molecule has 2 N–H and O–H groups in total. The molecule has 32 heavy (non-hydrogen) atoms. The number of hydrogen-bond acceptors (Lipinski definition) is 22. The Hall–Kier alpha value is 0.389. The second-order valence-electron chi connectivity index (χ2n) is 2.49. The Morgan fingerprint density at radius 1 is 0.312 bits per heavy atom. The van der Waals surface area contributed by atoms with Crippen molar-refractivity contribution < 1.29 is 142 Å². The fourth-order valence-corrected chi connectivity index (χ4v) is 0. The monoisotopic (exact) mass is 680 g/mol. The molecule has 0 amide bonds. The summed E-state index contributed by atoms with van der Waals surface area (Å²) in [6, 6.07) is 0. The minimum absolute atomic E-state index is 0. The van der Waals surface area contributed by atoms with Gasteiger partial charge in [-0.2, -0.15) is 8.42 Å². The van der Waals surface area contributed by atoms with E-state index >= 15 is 0 Å². The van der Waals surface area contributed by atoms with Crippen LogP contribution >= 0.6 is 0 Å². The van der Waals surface area contributed by atoms with Gasteiger partial charge < -0.3 is 45.5 Å². The molecule has 0 aliphatic rings. The van der Waals surface area contributed by atoms with Crippen molar-refractivity contribution in [1.82, 2.24) is 0 Å². The smallest absolute Gasteiger partial charge is 0.759 e. The summed E-state index contributed by atoms with van der Waals surface area (Å²) in [5.74, 6) is 0. The first-order valence-corrected chi connectivity index (χ1v) is 12.1. The van der Waals surface area contributed by atoms with E-state index in [-0.39, 0.29) is 37.1 Å². The van der Waals surface area contributed by atoms with E-state index in [1.807, 2.05) is 0 Å². The van der Waals surface area contributed by atoms with E-state index in [1.54, 1.807) is 0 Å². The first-order chi connectivity index (χ1) is 12.0. The molecular formula is H2O24S6V2. The molecule has 0 unspecified atom stereocenters. The van der Waals surface area contributed by atoms with Gasteiger partial charge in [-0.1, -0.05) is 0 Å². The Morgan fingerprint density at radius 2 is 0.312 bits per heavy atom. The normalized spacial score (nSPS) is 10.9. The molecule has 0 fully saturated rings. The fourth-order valence-electron chi connectivity index (χ4n) is 0. The quantitative estimate of drug-likeness (QED) is 0.177. The molecule has 0 radical (unpaired) electrons. The SMILES string of the molecule is O=S(=O)(O)O.O=S(=O)([O-])[O-].O=S(=O)([O-])[O-].O=S(=O)([O-])[O-].O=S(=O)([O-])[O-].O=S(=O)([O-])[O-].[V+5].[V+5]. The second kappa shape index (κ2) is 21.9. The van der Waals surface area contributed by atoms with Gasteiger partial charge in [-0.05, 0) is 0 Å². The van der Waals surface area contributed by atoms with Gasteiger partial charge in [-0.25, -0.2) is 0 Å². The minimum atomic E-state index is -5.17. The molecule has 24 nitrogen and oxygen atoms in total. The third-order valence-electron chi connectivity index (χ3n) is 0. The standard InChI is InChI=1S/6H2O4S.2V/c6*1-5(2,3)4;;/h6*(H2,1,2,3,4);;/q;;;;;;2*+5/p-10. The Balaban J connectivity index is -0.0000000356. The summed E-state index contributed by atoms with van der Waals surface area (Å²) in [6.07, 6.45) is 0. The maximum atomic E-state index is 8.74. The van der Waals surface area contributed by atoms with Gasteiger partial charge in [0.25, 0.3) is 0 Å². The summed E-state index contributed by atoms with van der Waals surface area (Å²) in [7, 11) is -30.5. The van der Waals surface area contributed by atoms with Crippen LogP contribution in [0.15, 0.2) is 0 Å². The Labute approximate surface area is 203 Å². The van der Waals surface area contributed by atoms with Gasteiger partial charge in [0.1, 0.15) is 0 Å². The first-order valence-electron chi connectivity index (χ1n) is 4.03. The Morgan fingerprint density at radius 3 is 0.312 bits per heavy atom. The maximum absolute atomic E-state index is 8.74. The van der Waals surface area contributed by atoms with Crippen molar-refractivity contribution in [1.29, 1.82) is 0 Å². The average Bonchev–Trinajstić information content (AvgIpc) is 1.94. The second-order valence-corrected chi connectivity index (χ2v) is 7.47. The molecule has 0 saturated heterocycles. The molecule has 0 rings (SSSR count). The number of rotatable bonds is 0. The summed E-state index contributed by atoms with van der Waals surface area (Å²) in [6.45, 7) is 0. The summed E-state index contributed by atoms with van der Waals surface area (Å²) in [4.78, 5) is 0. The van der Waals surface area contributed by atoms with Crippen molar-refractivity contribution in [3.63, 3.8) is 0 Å². The van der Waals surface area contributed by atoms with Crippen molar-refractivity contribution in [2.45, 2.75) is 0 Å². The van der Waals surface area contributed by atoms with Crippen LogP contribution in [0.25, 0.3) is 0 Å². The van der Waals surface area contributed by atoms with E-state index in [2.05, 4.69) is 0 Å². The molecule has 0 aliphatic heterocycles. The number of hydrogen-bond donors (Lipinski definition) is 2. The van der Waals surface area contributed by atoms with Gasteiger partial charge in [-0.3, -0.25) is 51.2 Å². The Kier molecular flexibility index (Phi) is 36.7. The van der Waals surface area contributed by atoms with Crippen molar-refractivity contribution in [2.24, 2.45) is 0 Å². The Bertz CT molecular complexity index is 764. The molecule has 0 bridgehead atoms. The molecule has 0 atom stereocenters. The van der Waals surface area contributed by atoms with E-state index in [1.165, 1.54) is 0 Å². The van der Waals surface area contributed by atoms with Crippen LogP contribution in [-0.2, 0) is 99.5 Å². The third kappa shape index (κ3) is 174000. The summed E-state index contributed by atoms with van der Waals surface area (Å²) >= 11 is 0. The van der Waals surface area contributed by atoms with E-state index < -0.39 is 62.4 Å². The molecule has 0 aliphatic carbocycles. The van der Waals surface area contributed by atoms with Crippen LogP contribution in [0.4, 0.5) is 0 Å². The van der Waals surface area contributed by atoms with Crippen LogP contribution < -0.4 is 0 Å². The fraction of sp³-hybridized carbons (Fsp3) is 0. The molecule has 0 heterocycles. The van der Waals surface area contributed by atoms with Gasteiger partial charge in [0.2, 0.25) is 0 Å². The predicted molar refractivity (Wildman–Crippen MR) is 66.6 cm³/mol. The zero-order valence-electron chi connectivity index (χ0n) is 13.2. The molecule has 0 spiro atoms. The van der Waals surface area contributed by atoms with Crippen molar-refractivity contribution in [3.8, 4) is 0 Å². The van der Waals surface area contributed by atoms with E-state index in [4.69, 9.17) is 105 Å². The van der Waals surface area contributed by atoms with Crippen LogP contribution in [0.3, 0.4) is 0 Å². The first kappa shape index (κ1) is 53.6. The predicted octanol–water partition coefficient (Wildman–Crippen LogP) is -7.35. The van der Waals surface area contributed by atoms with Gasteiger partial charge in [0, 0.05) is 52.0 Å². The molecule has 32 heteroatoms. The summed E-state index contributed by atoms with van der Waals surface area (Å²) in [5.41, 5.74) is 0. The van der Waals surface area contributed by atoms with Crippen LogP contribution in [0.1, 0.15) is 0 Å². The van der Waals surface area contributed by atoms with E-state index in [0.717, 1.165) is 0 Å². The molecule has 0 aromatic carbocycles. The van der Waals surface area contributed by atoms with Crippen molar-refractivity contribution >= 4 is 62.4 Å². The maximum Gasteiger partial charge on any atom is 5.00 e.